The van der Waals surface area contributed by atoms with E-state index in [0.717, 1.165) is 50.2 Å². The van der Waals surface area contributed by atoms with Gasteiger partial charge in [-0.1, -0.05) is 170 Å². The Kier molecular flexibility index (Phi) is 9.02. The van der Waals surface area contributed by atoms with Crippen molar-refractivity contribution < 1.29 is 4.42 Å². The van der Waals surface area contributed by atoms with Crippen LogP contribution in [-0.4, -0.2) is 4.98 Å². The maximum Gasteiger partial charge on any atom is 0.227 e. The lowest BCUT2D eigenvalue weighted by Crippen LogP contribution is -2.09. The van der Waals surface area contributed by atoms with Crippen molar-refractivity contribution in [3.63, 3.8) is 0 Å². The van der Waals surface area contributed by atoms with Gasteiger partial charge >= 0.3 is 0 Å². The molecule has 0 spiro atoms. The highest BCUT2D eigenvalue weighted by atomic mass is 32.1. The third kappa shape index (κ3) is 6.74. The molecular weight excluding hydrogens is 785 g/mol. The highest BCUT2D eigenvalue weighted by molar-refractivity contribution is 7.26. The van der Waals surface area contributed by atoms with Gasteiger partial charge in [-0.2, -0.15) is 0 Å². The van der Waals surface area contributed by atoms with Crippen molar-refractivity contribution in [1.29, 1.82) is 0 Å². The van der Waals surface area contributed by atoms with E-state index in [0.29, 0.717) is 5.89 Å². The second kappa shape index (κ2) is 15.4. The van der Waals surface area contributed by atoms with Gasteiger partial charge in [0.1, 0.15) is 5.52 Å². The average Bonchev–Trinajstić information content (AvgIpc) is 3.96. The Labute approximate surface area is 369 Å². The van der Waals surface area contributed by atoms with E-state index in [2.05, 4.69) is 235 Å². The van der Waals surface area contributed by atoms with E-state index >= 15 is 0 Å². The van der Waals surface area contributed by atoms with Gasteiger partial charge in [-0.25, -0.2) is 4.98 Å². The first-order chi connectivity index (χ1) is 31.2. The summed E-state index contributed by atoms with van der Waals surface area (Å²) in [7, 11) is 0. The minimum Gasteiger partial charge on any atom is -0.436 e. The second-order valence-electron chi connectivity index (χ2n) is 15.9. The molecule has 0 radical (unpaired) electrons. The Hall–Kier alpha value is -8.05. The Balaban J connectivity index is 0.959. The second-order valence-corrected chi connectivity index (χ2v) is 17.0. The first-order valence-corrected chi connectivity index (χ1v) is 22.1. The van der Waals surface area contributed by atoms with Crippen LogP contribution in [0, 0.1) is 0 Å². The molecule has 63 heavy (non-hydrogen) atoms. The Bertz CT molecular complexity index is 3570. The minimum absolute atomic E-state index is 0.622. The fourth-order valence-electron chi connectivity index (χ4n) is 8.94. The fraction of sp³-hybridized carbons (Fsp3) is 0. The van der Waals surface area contributed by atoms with Gasteiger partial charge in [-0.15, -0.1) is 11.3 Å². The molecule has 2 heterocycles. The summed E-state index contributed by atoms with van der Waals surface area (Å²) in [6.45, 7) is 0. The summed E-state index contributed by atoms with van der Waals surface area (Å²) in [6, 6.07) is 82.3. The summed E-state index contributed by atoms with van der Waals surface area (Å²) in [5.74, 6) is 0.622. The summed E-state index contributed by atoms with van der Waals surface area (Å²) in [5, 5.41) is 4.78. The Morgan fingerprint density at radius 3 is 1.41 bits per heavy atom. The van der Waals surface area contributed by atoms with Crippen molar-refractivity contribution in [3.8, 4) is 56.0 Å². The number of anilines is 3. The van der Waals surface area contributed by atoms with E-state index < -0.39 is 0 Å². The van der Waals surface area contributed by atoms with E-state index in [-0.39, 0.29) is 0 Å². The molecule has 3 nitrogen and oxygen atoms in total. The molecule has 0 saturated heterocycles. The van der Waals surface area contributed by atoms with E-state index in [1.54, 1.807) is 11.3 Å². The van der Waals surface area contributed by atoms with Crippen molar-refractivity contribution in [2.24, 2.45) is 0 Å². The number of hydrogen-bond donors (Lipinski definition) is 0. The van der Waals surface area contributed by atoms with Crippen molar-refractivity contribution >= 4 is 70.4 Å². The lowest BCUT2D eigenvalue weighted by Gasteiger charge is -2.26. The fourth-order valence-corrected chi connectivity index (χ4v) is 10.1. The number of oxazole rings is 1. The van der Waals surface area contributed by atoms with Gasteiger partial charge in [0.2, 0.25) is 5.89 Å². The standard InChI is InChI=1S/C59H38N2OS/c1-3-11-39(12-4-1)42-19-21-43(22-20-42)45-27-33-50(34-28-45)61(49-31-25-44(26-32-49)40-13-5-2-6-14-40)51-35-29-46(30-36-51)56-57-52-17-9-10-18-54(52)63-55(57)38-53-58(56)60-59(62-53)48-24-23-41-15-7-8-16-47(41)37-48/h1-38H. The molecule has 0 aliphatic carbocycles. The van der Waals surface area contributed by atoms with Crippen LogP contribution in [-0.2, 0) is 0 Å². The van der Waals surface area contributed by atoms with E-state index in [4.69, 9.17) is 9.40 Å². The monoisotopic (exact) mass is 822 g/mol. The summed E-state index contributed by atoms with van der Waals surface area (Å²) < 4.78 is 9.07. The Morgan fingerprint density at radius 1 is 0.365 bits per heavy atom. The lowest BCUT2D eigenvalue weighted by molar-refractivity contribution is 0.620. The summed E-state index contributed by atoms with van der Waals surface area (Å²) in [4.78, 5) is 7.61. The molecule has 0 amide bonds. The Morgan fingerprint density at radius 2 is 0.825 bits per heavy atom. The van der Waals surface area contributed by atoms with Crippen LogP contribution in [0.5, 0.6) is 0 Å². The lowest BCUT2D eigenvalue weighted by atomic mass is 9.97. The molecule has 0 aliphatic rings. The number of nitrogens with zero attached hydrogens (tertiary/aromatic N) is 2. The van der Waals surface area contributed by atoms with Crippen LogP contribution in [0.4, 0.5) is 17.1 Å². The molecule has 2 aromatic heterocycles. The van der Waals surface area contributed by atoms with Crippen LogP contribution in [0.25, 0.3) is 98.0 Å². The molecule has 296 valence electrons. The van der Waals surface area contributed by atoms with E-state index in [1.807, 2.05) is 0 Å². The molecule has 0 atom stereocenters. The topological polar surface area (TPSA) is 29.3 Å². The van der Waals surface area contributed by atoms with Crippen LogP contribution in [0.3, 0.4) is 0 Å². The summed E-state index contributed by atoms with van der Waals surface area (Å²) >= 11 is 1.80. The van der Waals surface area contributed by atoms with Crippen LogP contribution < -0.4 is 4.90 Å². The normalized spacial score (nSPS) is 11.5. The predicted molar refractivity (Wildman–Crippen MR) is 266 cm³/mol. The van der Waals surface area contributed by atoms with Gasteiger partial charge in [0.05, 0.1) is 0 Å². The summed E-state index contributed by atoms with van der Waals surface area (Å²) in [6.07, 6.45) is 0. The van der Waals surface area contributed by atoms with Crippen LogP contribution in [0.1, 0.15) is 0 Å². The van der Waals surface area contributed by atoms with E-state index in [1.165, 1.54) is 58.9 Å². The smallest absolute Gasteiger partial charge is 0.227 e. The molecule has 0 aliphatic heterocycles. The minimum atomic E-state index is 0.622. The largest absolute Gasteiger partial charge is 0.436 e. The molecule has 4 heteroatoms. The average molecular weight is 823 g/mol. The molecular formula is C59H38N2OS. The zero-order valence-corrected chi connectivity index (χ0v) is 35.0. The molecule has 12 rings (SSSR count). The zero-order valence-electron chi connectivity index (χ0n) is 34.2. The maximum absolute atomic E-state index is 6.64. The van der Waals surface area contributed by atoms with Gasteiger partial charge < -0.3 is 9.32 Å². The van der Waals surface area contributed by atoms with Crippen molar-refractivity contribution in [1.82, 2.24) is 4.98 Å². The third-order valence-electron chi connectivity index (χ3n) is 12.1. The van der Waals surface area contributed by atoms with Crippen LogP contribution in [0.2, 0.25) is 0 Å². The number of rotatable bonds is 8. The van der Waals surface area contributed by atoms with Gasteiger partial charge in [0.15, 0.2) is 5.58 Å². The summed E-state index contributed by atoms with van der Waals surface area (Å²) in [5.41, 5.74) is 15.1. The molecule has 0 unspecified atom stereocenters. The predicted octanol–water partition coefficient (Wildman–Crippen LogP) is 17.2. The first-order valence-electron chi connectivity index (χ1n) is 21.3. The highest BCUT2D eigenvalue weighted by Crippen LogP contribution is 2.46. The number of benzene rings is 10. The van der Waals surface area contributed by atoms with Gasteiger partial charge in [0, 0.05) is 54.4 Å². The number of aromatic nitrogens is 1. The zero-order chi connectivity index (χ0) is 41.7. The number of thiophene rings is 1. The van der Waals surface area contributed by atoms with Gasteiger partial charge in [-0.05, 0) is 104 Å². The quantitative estimate of drug-likeness (QED) is 0.153. The number of fused-ring (bicyclic) bond motifs is 5. The molecule has 10 aromatic carbocycles. The molecule has 0 bridgehead atoms. The number of hydrogen-bond acceptors (Lipinski definition) is 4. The molecule has 0 N–H and O–H groups in total. The highest BCUT2D eigenvalue weighted by Gasteiger charge is 2.21. The SMILES string of the molecule is c1ccc(-c2ccc(-c3ccc(N(c4ccc(-c5ccccc5)cc4)c4ccc(-c5c6nc(-c7ccc8ccccc8c7)oc6cc6sc7ccccc7c56)cc4)cc3)cc2)cc1. The first kappa shape index (κ1) is 36.8. The van der Waals surface area contributed by atoms with Gasteiger partial charge in [0.25, 0.3) is 0 Å². The van der Waals surface area contributed by atoms with Crippen LogP contribution in [0.15, 0.2) is 235 Å². The van der Waals surface area contributed by atoms with E-state index in [9.17, 15) is 0 Å². The van der Waals surface area contributed by atoms with Crippen LogP contribution >= 0.6 is 11.3 Å². The van der Waals surface area contributed by atoms with Crippen molar-refractivity contribution in [3.05, 3.63) is 231 Å². The van der Waals surface area contributed by atoms with Crippen molar-refractivity contribution in [2.45, 2.75) is 0 Å². The molecule has 0 fully saturated rings. The third-order valence-corrected chi connectivity index (χ3v) is 13.2. The van der Waals surface area contributed by atoms with Crippen molar-refractivity contribution in [2.75, 3.05) is 4.90 Å². The van der Waals surface area contributed by atoms with Gasteiger partial charge in [-0.3, -0.25) is 0 Å². The maximum atomic E-state index is 6.64. The molecule has 0 saturated carbocycles. The molecule has 12 aromatic rings.